The number of ether oxygens (including phenoxy) is 3. The SMILES string of the molecule is O=C(O)[C@H]1O[C@H](OC[C@H]2O[C@H](O)[C@@H](O)[C@@H](O)[C@@H]2O)[C@H](O)[C@@H](O)[C@@H]1O. The van der Waals surface area contributed by atoms with Gasteiger partial charge in [0.1, 0.15) is 42.7 Å². The van der Waals surface area contributed by atoms with Gasteiger partial charge in [0.15, 0.2) is 18.7 Å². The van der Waals surface area contributed by atoms with Crippen molar-refractivity contribution in [3.63, 3.8) is 0 Å². The van der Waals surface area contributed by atoms with Gasteiger partial charge in [0, 0.05) is 0 Å². The normalized spacial score (nSPS) is 49.8. The minimum absolute atomic E-state index is 0.584. The van der Waals surface area contributed by atoms with E-state index in [4.69, 9.17) is 19.3 Å². The Morgan fingerprint density at radius 2 is 1.38 bits per heavy atom. The summed E-state index contributed by atoms with van der Waals surface area (Å²) in [5, 5.41) is 75.8. The lowest BCUT2D eigenvalue weighted by Gasteiger charge is -2.41. The number of carboxylic acid groups (broad SMARTS) is 1. The molecule has 0 aromatic heterocycles. The maximum absolute atomic E-state index is 11.0. The van der Waals surface area contributed by atoms with Crippen molar-refractivity contribution in [1.82, 2.24) is 0 Å². The first-order valence-electron chi connectivity index (χ1n) is 7.07. The topological polar surface area (TPSA) is 207 Å². The molecule has 2 aliphatic heterocycles. The minimum atomic E-state index is -1.88. The summed E-state index contributed by atoms with van der Waals surface area (Å²) in [4.78, 5) is 11.0. The molecule has 0 aromatic carbocycles. The molecule has 0 amide bonds. The van der Waals surface area contributed by atoms with Gasteiger partial charge in [0.25, 0.3) is 0 Å². The molecule has 24 heavy (non-hydrogen) atoms. The molecule has 10 atom stereocenters. The van der Waals surface area contributed by atoms with Gasteiger partial charge in [-0.2, -0.15) is 0 Å². The van der Waals surface area contributed by atoms with Crippen LogP contribution in [0.4, 0.5) is 0 Å². The molecular formula is C12H20O12. The fourth-order valence-electron chi connectivity index (χ4n) is 2.45. The second-order valence-electron chi connectivity index (χ2n) is 5.61. The van der Waals surface area contributed by atoms with Gasteiger partial charge in [0.2, 0.25) is 0 Å². The molecule has 140 valence electrons. The average Bonchev–Trinajstić information content (AvgIpc) is 2.54. The lowest BCUT2D eigenvalue weighted by Crippen LogP contribution is -2.62. The Labute approximate surface area is 135 Å². The first-order valence-corrected chi connectivity index (χ1v) is 7.07. The van der Waals surface area contributed by atoms with Gasteiger partial charge in [-0.3, -0.25) is 0 Å². The molecule has 0 radical (unpaired) electrons. The van der Waals surface area contributed by atoms with Crippen LogP contribution in [-0.2, 0) is 19.0 Å². The number of aliphatic hydroxyl groups excluding tert-OH is 7. The number of carbonyl (C=O) groups is 1. The zero-order valence-corrected chi connectivity index (χ0v) is 12.2. The van der Waals surface area contributed by atoms with Crippen LogP contribution >= 0.6 is 0 Å². The number of hydrogen-bond donors (Lipinski definition) is 8. The quantitative estimate of drug-likeness (QED) is 0.238. The molecule has 12 nitrogen and oxygen atoms in total. The first-order chi connectivity index (χ1) is 11.1. The molecule has 2 saturated heterocycles. The summed E-state index contributed by atoms with van der Waals surface area (Å²) in [6.45, 7) is -0.584. The summed E-state index contributed by atoms with van der Waals surface area (Å²) in [6.07, 6.45) is -17.3. The van der Waals surface area contributed by atoms with Crippen LogP contribution in [-0.4, -0.2) is 115 Å². The average molecular weight is 356 g/mol. The van der Waals surface area contributed by atoms with Crippen molar-refractivity contribution in [2.75, 3.05) is 6.61 Å². The smallest absolute Gasteiger partial charge is 0.335 e. The van der Waals surface area contributed by atoms with E-state index < -0.39 is 74.0 Å². The summed E-state index contributed by atoms with van der Waals surface area (Å²) >= 11 is 0. The van der Waals surface area contributed by atoms with Crippen molar-refractivity contribution in [1.29, 1.82) is 0 Å². The Bertz CT molecular complexity index is 446. The number of hydrogen-bond acceptors (Lipinski definition) is 11. The molecule has 2 rings (SSSR count). The second kappa shape index (κ2) is 7.53. The molecule has 2 heterocycles. The van der Waals surface area contributed by atoms with Gasteiger partial charge in [-0.1, -0.05) is 0 Å². The molecule has 0 saturated carbocycles. The van der Waals surface area contributed by atoms with Crippen molar-refractivity contribution in [2.24, 2.45) is 0 Å². The summed E-state index contributed by atoms with van der Waals surface area (Å²) in [7, 11) is 0. The van der Waals surface area contributed by atoms with E-state index in [1.165, 1.54) is 0 Å². The summed E-state index contributed by atoms with van der Waals surface area (Å²) in [5.41, 5.74) is 0. The van der Waals surface area contributed by atoms with E-state index in [2.05, 4.69) is 0 Å². The number of aliphatic carboxylic acids is 1. The summed E-state index contributed by atoms with van der Waals surface area (Å²) in [6, 6.07) is 0. The van der Waals surface area contributed by atoms with E-state index in [1.807, 2.05) is 0 Å². The fraction of sp³-hybridized carbons (Fsp3) is 0.917. The molecular weight excluding hydrogens is 336 g/mol. The number of rotatable bonds is 4. The van der Waals surface area contributed by atoms with Crippen molar-refractivity contribution in [2.45, 2.75) is 61.4 Å². The lowest BCUT2D eigenvalue weighted by atomic mass is 9.98. The maximum atomic E-state index is 11.0. The van der Waals surface area contributed by atoms with Crippen LogP contribution in [0.15, 0.2) is 0 Å². The number of carboxylic acids is 1. The Kier molecular flexibility index (Phi) is 6.09. The van der Waals surface area contributed by atoms with Crippen LogP contribution in [0.1, 0.15) is 0 Å². The highest BCUT2D eigenvalue weighted by Crippen LogP contribution is 2.25. The van der Waals surface area contributed by atoms with E-state index in [1.54, 1.807) is 0 Å². The van der Waals surface area contributed by atoms with E-state index >= 15 is 0 Å². The highest BCUT2D eigenvalue weighted by atomic mass is 16.7. The molecule has 0 aromatic rings. The van der Waals surface area contributed by atoms with Gasteiger partial charge in [-0.15, -0.1) is 0 Å². The van der Waals surface area contributed by atoms with Gasteiger partial charge >= 0.3 is 5.97 Å². The van der Waals surface area contributed by atoms with Gasteiger partial charge < -0.3 is 55.1 Å². The zero-order valence-electron chi connectivity index (χ0n) is 12.2. The molecule has 0 spiro atoms. The van der Waals surface area contributed by atoms with Crippen molar-refractivity contribution in [3.05, 3.63) is 0 Å². The monoisotopic (exact) mass is 356 g/mol. The largest absolute Gasteiger partial charge is 0.479 e. The first kappa shape index (κ1) is 19.4. The molecule has 8 N–H and O–H groups in total. The third-order valence-electron chi connectivity index (χ3n) is 3.92. The number of aliphatic hydroxyl groups is 7. The van der Waals surface area contributed by atoms with Crippen molar-refractivity contribution < 1.29 is 59.9 Å². The summed E-state index contributed by atoms with van der Waals surface area (Å²) < 4.78 is 14.7. The van der Waals surface area contributed by atoms with Crippen LogP contribution in [0.5, 0.6) is 0 Å². The molecule has 12 heteroatoms. The van der Waals surface area contributed by atoms with Crippen molar-refractivity contribution >= 4 is 5.97 Å². The van der Waals surface area contributed by atoms with E-state index in [0.717, 1.165) is 0 Å². The highest BCUT2D eigenvalue weighted by molar-refractivity contribution is 5.73. The van der Waals surface area contributed by atoms with E-state index in [-0.39, 0.29) is 0 Å². The van der Waals surface area contributed by atoms with E-state index in [9.17, 15) is 40.5 Å². The lowest BCUT2D eigenvalue weighted by molar-refractivity contribution is -0.321. The fourth-order valence-corrected chi connectivity index (χ4v) is 2.45. The Hall–Kier alpha value is -0.930. The standard InChI is InChI=1S/C12H20O12/c13-3-2(23-11(21)7(17)4(3)14)1-22-12-8(18)5(15)6(16)9(24-12)10(19)20/h2-9,11-18,21H,1H2,(H,19,20)/t2-,3-,4+,5+,6+,7+,8-,9+,11+,12+/m1/s1. The summed E-state index contributed by atoms with van der Waals surface area (Å²) in [5.74, 6) is -1.59. The van der Waals surface area contributed by atoms with Crippen LogP contribution in [0.3, 0.4) is 0 Å². The second-order valence-corrected chi connectivity index (χ2v) is 5.61. The Morgan fingerprint density at radius 3 is 1.96 bits per heavy atom. The zero-order chi connectivity index (χ0) is 18.2. The van der Waals surface area contributed by atoms with Gasteiger partial charge in [-0.05, 0) is 0 Å². The third kappa shape index (κ3) is 3.67. The van der Waals surface area contributed by atoms with Crippen LogP contribution < -0.4 is 0 Å². The molecule has 0 unspecified atom stereocenters. The van der Waals surface area contributed by atoms with Gasteiger partial charge in [0.05, 0.1) is 6.61 Å². The predicted octanol–water partition coefficient (Wildman–Crippen LogP) is -5.30. The maximum Gasteiger partial charge on any atom is 0.335 e. The Balaban J connectivity index is 1.98. The Morgan fingerprint density at radius 1 is 0.792 bits per heavy atom. The van der Waals surface area contributed by atoms with Crippen molar-refractivity contribution in [3.8, 4) is 0 Å². The van der Waals surface area contributed by atoms with Crippen LogP contribution in [0, 0.1) is 0 Å². The molecule has 0 bridgehead atoms. The predicted molar refractivity (Wildman–Crippen MR) is 69.2 cm³/mol. The van der Waals surface area contributed by atoms with Crippen LogP contribution in [0.2, 0.25) is 0 Å². The molecule has 0 aliphatic carbocycles. The minimum Gasteiger partial charge on any atom is -0.479 e. The van der Waals surface area contributed by atoms with E-state index in [0.29, 0.717) is 0 Å². The highest BCUT2D eigenvalue weighted by Gasteiger charge is 2.49. The van der Waals surface area contributed by atoms with Crippen LogP contribution in [0.25, 0.3) is 0 Å². The van der Waals surface area contributed by atoms with Gasteiger partial charge in [-0.25, -0.2) is 4.79 Å². The third-order valence-corrected chi connectivity index (χ3v) is 3.92. The molecule has 2 aliphatic rings. The molecule has 2 fully saturated rings.